The van der Waals surface area contributed by atoms with Crippen molar-refractivity contribution in [2.24, 2.45) is 11.7 Å². The Kier molecular flexibility index (Phi) is 3.69. The highest BCUT2D eigenvalue weighted by Crippen LogP contribution is 2.27. The summed E-state index contributed by atoms with van der Waals surface area (Å²) in [6.45, 7) is 6.59. The number of rotatable bonds is 5. The van der Waals surface area contributed by atoms with E-state index >= 15 is 0 Å². The van der Waals surface area contributed by atoms with Gasteiger partial charge in [0.2, 0.25) is 0 Å². The molecule has 0 aliphatic rings. The predicted molar refractivity (Wildman–Crippen MR) is 71.3 cm³/mol. The van der Waals surface area contributed by atoms with E-state index < -0.39 is 0 Å². The van der Waals surface area contributed by atoms with Crippen molar-refractivity contribution in [3.8, 4) is 5.75 Å². The minimum Gasteiger partial charge on any atom is -0.492 e. The number of aromatic nitrogens is 1. The molecule has 0 aliphatic carbocycles. The summed E-state index contributed by atoms with van der Waals surface area (Å²) in [5.41, 5.74) is 6.69. The fraction of sp³-hybridized carbons (Fsp3) is 0.429. The van der Waals surface area contributed by atoms with Crippen LogP contribution in [-0.4, -0.2) is 17.7 Å². The zero-order valence-electron chi connectivity index (χ0n) is 10.5. The van der Waals surface area contributed by atoms with Crippen LogP contribution in [0, 0.1) is 5.92 Å². The first-order chi connectivity index (χ1) is 8.22. The number of nitrogens with two attached hydrogens (primary N) is 1. The van der Waals surface area contributed by atoms with E-state index in [9.17, 15) is 0 Å². The van der Waals surface area contributed by atoms with Gasteiger partial charge in [-0.3, -0.25) is 0 Å². The van der Waals surface area contributed by atoms with Crippen LogP contribution in [0.5, 0.6) is 5.75 Å². The Hall–Kier alpha value is -1.48. The van der Waals surface area contributed by atoms with Crippen molar-refractivity contribution in [3.63, 3.8) is 0 Å². The highest BCUT2D eigenvalue weighted by molar-refractivity contribution is 5.86. The Bertz CT molecular complexity index is 488. The van der Waals surface area contributed by atoms with E-state index in [-0.39, 0.29) is 0 Å². The molecule has 3 heteroatoms. The first-order valence-electron chi connectivity index (χ1n) is 6.13. The Morgan fingerprint density at radius 3 is 2.82 bits per heavy atom. The van der Waals surface area contributed by atoms with Gasteiger partial charge in [0, 0.05) is 24.7 Å². The normalized spacial score (nSPS) is 11.3. The van der Waals surface area contributed by atoms with E-state index in [2.05, 4.69) is 36.7 Å². The van der Waals surface area contributed by atoms with Gasteiger partial charge in [-0.05, 0) is 24.1 Å². The molecule has 0 aliphatic heterocycles. The molecule has 1 aromatic carbocycles. The van der Waals surface area contributed by atoms with Gasteiger partial charge < -0.3 is 15.0 Å². The predicted octanol–water partition coefficient (Wildman–Crippen LogP) is 2.63. The molecule has 0 spiro atoms. The van der Waals surface area contributed by atoms with Crippen molar-refractivity contribution in [1.82, 2.24) is 4.57 Å². The van der Waals surface area contributed by atoms with Crippen LogP contribution in [-0.2, 0) is 6.54 Å². The molecule has 0 saturated carbocycles. The second-order valence-corrected chi connectivity index (χ2v) is 4.69. The van der Waals surface area contributed by atoms with Gasteiger partial charge in [-0.15, -0.1) is 0 Å². The summed E-state index contributed by atoms with van der Waals surface area (Å²) in [5.74, 6) is 1.56. The molecule has 0 radical (unpaired) electrons. The molecule has 1 aromatic heterocycles. The summed E-state index contributed by atoms with van der Waals surface area (Å²) in [4.78, 5) is 0. The Labute approximate surface area is 102 Å². The number of hydrogen-bond acceptors (Lipinski definition) is 2. The van der Waals surface area contributed by atoms with Gasteiger partial charge in [0.15, 0.2) is 0 Å². The molecular formula is C14H20N2O. The van der Waals surface area contributed by atoms with Gasteiger partial charge in [-0.1, -0.05) is 19.9 Å². The van der Waals surface area contributed by atoms with Gasteiger partial charge in [0.1, 0.15) is 12.4 Å². The molecule has 3 nitrogen and oxygen atoms in total. The molecule has 92 valence electrons. The van der Waals surface area contributed by atoms with E-state index in [1.165, 1.54) is 10.9 Å². The maximum atomic E-state index is 5.65. The Morgan fingerprint density at radius 1 is 1.29 bits per heavy atom. The number of hydrogen-bond donors (Lipinski definition) is 1. The SMILES string of the molecule is CC(C)Cn1ccc2c(OCCN)cccc21. The minimum absolute atomic E-state index is 0.545. The van der Waals surface area contributed by atoms with E-state index in [1.54, 1.807) is 0 Å². The average Bonchev–Trinajstić information content (AvgIpc) is 2.70. The zero-order valence-corrected chi connectivity index (χ0v) is 10.5. The fourth-order valence-corrected chi connectivity index (χ4v) is 2.04. The monoisotopic (exact) mass is 232 g/mol. The molecule has 0 atom stereocenters. The molecule has 0 unspecified atom stereocenters. The summed E-state index contributed by atoms with van der Waals surface area (Å²) in [5, 5.41) is 1.17. The number of benzene rings is 1. The lowest BCUT2D eigenvalue weighted by atomic mass is 10.2. The molecule has 1 heterocycles. The van der Waals surface area contributed by atoms with Crippen LogP contribution in [0.3, 0.4) is 0 Å². The molecule has 0 bridgehead atoms. The third kappa shape index (κ3) is 2.61. The maximum absolute atomic E-state index is 5.65. The summed E-state index contributed by atoms with van der Waals surface area (Å²) in [6, 6.07) is 8.28. The number of fused-ring (bicyclic) bond motifs is 1. The van der Waals surface area contributed by atoms with Crippen molar-refractivity contribution < 1.29 is 4.74 Å². The summed E-state index contributed by atoms with van der Waals surface area (Å²) in [6.07, 6.45) is 2.12. The lowest BCUT2D eigenvalue weighted by Crippen LogP contribution is -2.10. The van der Waals surface area contributed by atoms with Gasteiger partial charge in [-0.2, -0.15) is 0 Å². The average molecular weight is 232 g/mol. The van der Waals surface area contributed by atoms with Crippen molar-refractivity contribution in [2.45, 2.75) is 20.4 Å². The van der Waals surface area contributed by atoms with Crippen LogP contribution >= 0.6 is 0 Å². The first kappa shape index (κ1) is 12.0. The van der Waals surface area contributed by atoms with Crippen LogP contribution in [0.25, 0.3) is 10.9 Å². The molecule has 17 heavy (non-hydrogen) atoms. The summed E-state index contributed by atoms with van der Waals surface area (Å²) < 4.78 is 7.92. The third-order valence-electron chi connectivity index (χ3n) is 2.71. The lowest BCUT2D eigenvalue weighted by Gasteiger charge is -2.10. The molecule has 0 fully saturated rings. The van der Waals surface area contributed by atoms with E-state index in [0.717, 1.165) is 12.3 Å². The molecule has 2 N–H and O–H groups in total. The lowest BCUT2D eigenvalue weighted by molar-refractivity contribution is 0.332. The highest BCUT2D eigenvalue weighted by atomic mass is 16.5. The second kappa shape index (κ2) is 5.23. The fourth-order valence-electron chi connectivity index (χ4n) is 2.04. The zero-order chi connectivity index (χ0) is 12.3. The Balaban J connectivity index is 2.35. The minimum atomic E-state index is 0.545. The topological polar surface area (TPSA) is 40.2 Å². The van der Waals surface area contributed by atoms with Crippen LogP contribution in [0.15, 0.2) is 30.5 Å². The Morgan fingerprint density at radius 2 is 2.12 bits per heavy atom. The highest BCUT2D eigenvalue weighted by Gasteiger charge is 2.07. The van der Waals surface area contributed by atoms with Crippen LogP contribution in [0.1, 0.15) is 13.8 Å². The van der Waals surface area contributed by atoms with E-state index in [4.69, 9.17) is 10.5 Å². The second-order valence-electron chi connectivity index (χ2n) is 4.69. The molecule has 2 aromatic rings. The quantitative estimate of drug-likeness (QED) is 0.861. The molecule has 2 rings (SSSR count). The molecule has 0 saturated heterocycles. The van der Waals surface area contributed by atoms with E-state index in [1.807, 2.05) is 12.1 Å². The maximum Gasteiger partial charge on any atom is 0.128 e. The van der Waals surface area contributed by atoms with Gasteiger partial charge >= 0.3 is 0 Å². The first-order valence-corrected chi connectivity index (χ1v) is 6.13. The number of ether oxygens (including phenoxy) is 1. The summed E-state index contributed by atoms with van der Waals surface area (Å²) in [7, 11) is 0. The standard InChI is InChI=1S/C14H20N2O/c1-11(2)10-16-8-6-12-13(16)4-3-5-14(12)17-9-7-15/h3-6,8,11H,7,9-10,15H2,1-2H3. The molecular weight excluding hydrogens is 212 g/mol. The van der Waals surface area contributed by atoms with Crippen molar-refractivity contribution in [1.29, 1.82) is 0 Å². The van der Waals surface area contributed by atoms with Crippen molar-refractivity contribution in [2.75, 3.05) is 13.2 Å². The third-order valence-corrected chi connectivity index (χ3v) is 2.71. The van der Waals surface area contributed by atoms with E-state index in [0.29, 0.717) is 19.1 Å². The van der Waals surface area contributed by atoms with Crippen molar-refractivity contribution in [3.05, 3.63) is 30.5 Å². The van der Waals surface area contributed by atoms with Crippen LogP contribution in [0.2, 0.25) is 0 Å². The largest absolute Gasteiger partial charge is 0.492 e. The molecule has 0 amide bonds. The van der Waals surface area contributed by atoms with Gasteiger partial charge in [0.05, 0.1) is 5.52 Å². The summed E-state index contributed by atoms with van der Waals surface area (Å²) >= 11 is 0. The van der Waals surface area contributed by atoms with Crippen LogP contribution in [0.4, 0.5) is 0 Å². The van der Waals surface area contributed by atoms with Crippen molar-refractivity contribution >= 4 is 10.9 Å². The smallest absolute Gasteiger partial charge is 0.128 e. The number of nitrogens with zero attached hydrogens (tertiary/aromatic N) is 1. The van der Waals surface area contributed by atoms with Crippen LogP contribution < -0.4 is 10.5 Å². The van der Waals surface area contributed by atoms with Gasteiger partial charge in [-0.25, -0.2) is 0 Å². The van der Waals surface area contributed by atoms with Gasteiger partial charge in [0.25, 0.3) is 0 Å².